The summed E-state index contributed by atoms with van der Waals surface area (Å²) < 4.78 is 0. The van der Waals surface area contributed by atoms with Crippen LogP contribution in [0.1, 0.15) is 17.0 Å². The van der Waals surface area contributed by atoms with Crippen molar-refractivity contribution in [1.29, 1.82) is 0 Å². The minimum absolute atomic E-state index is 0.234. The highest BCUT2D eigenvalue weighted by Gasteiger charge is 2.16. The SMILES string of the molecule is Cc1nc(N)sc1CCC(=O)N1CCNCC1. The van der Waals surface area contributed by atoms with Gasteiger partial charge in [0.05, 0.1) is 5.69 Å². The molecule has 0 aromatic carbocycles. The standard InChI is InChI=1S/C11H18N4OS/c1-8-9(17-11(12)14-8)2-3-10(16)15-6-4-13-5-7-15/h13H,2-7H2,1H3,(H2,12,14). The second-order valence-electron chi connectivity index (χ2n) is 4.19. The van der Waals surface area contributed by atoms with E-state index in [-0.39, 0.29) is 5.91 Å². The fourth-order valence-corrected chi connectivity index (χ4v) is 2.81. The zero-order valence-corrected chi connectivity index (χ0v) is 10.8. The predicted octanol–water partition coefficient (Wildman–Crippen LogP) is 0.398. The molecule has 0 aliphatic carbocycles. The highest BCUT2D eigenvalue weighted by atomic mass is 32.1. The van der Waals surface area contributed by atoms with Crippen LogP contribution in [0, 0.1) is 6.92 Å². The van der Waals surface area contributed by atoms with Gasteiger partial charge in [-0.15, -0.1) is 11.3 Å². The molecule has 0 atom stereocenters. The molecule has 2 heterocycles. The maximum atomic E-state index is 11.9. The van der Waals surface area contributed by atoms with Gasteiger partial charge in [-0.1, -0.05) is 0 Å². The summed E-state index contributed by atoms with van der Waals surface area (Å²) in [5.74, 6) is 0.234. The van der Waals surface area contributed by atoms with Crippen LogP contribution < -0.4 is 11.1 Å². The number of thiazole rings is 1. The lowest BCUT2D eigenvalue weighted by Gasteiger charge is -2.27. The molecule has 1 aromatic heterocycles. The van der Waals surface area contributed by atoms with E-state index in [0.717, 1.165) is 43.2 Å². The Morgan fingerprint density at radius 1 is 1.53 bits per heavy atom. The molecule has 1 saturated heterocycles. The smallest absolute Gasteiger partial charge is 0.223 e. The lowest BCUT2D eigenvalue weighted by Crippen LogP contribution is -2.46. The van der Waals surface area contributed by atoms with Crippen LogP contribution in [-0.2, 0) is 11.2 Å². The van der Waals surface area contributed by atoms with Gasteiger partial charge in [0, 0.05) is 37.5 Å². The number of nitrogens with zero attached hydrogens (tertiary/aromatic N) is 2. The maximum Gasteiger partial charge on any atom is 0.223 e. The van der Waals surface area contributed by atoms with Crippen molar-refractivity contribution in [1.82, 2.24) is 15.2 Å². The number of anilines is 1. The first-order valence-corrected chi connectivity index (χ1v) is 6.69. The second kappa shape index (κ2) is 5.46. The Bertz CT molecular complexity index is 398. The van der Waals surface area contributed by atoms with Gasteiger partial charge in [0.1, 0.15) is 0 Å². The normalized spacial score (nSPS) is 16.2. The average Bonchev–Trinajstić information content (AvgIpc) is 2.66. The fraction of sp³-hybridized carbons (Fsp3) is 0.636. The van der Waals surface area contributed by atoms with Crippen molar-refractivity contribution in [2.24, 2.45) is 0 Å². The third-order valence-corrected chi connectivity index (χ3v) is 3.99. The van der Waals surface area contributed by atoms with E-state index in [4.69, 9.17) is 5.73 Å². The van der Waals surface area contributed by atoms with E-state index >= 15 is 0 Å². The molecule has 1 amide bonds. The zero-order chi connectivity index (χ0) is 12.3. The fourth-order valence-electron chi connectivity index (χ4n) is 1.98. The molecule has 1 aliphatic rings. The highest BCUT2D eigenvalue weighted by molar-refractivity contribution is 7.15. The van der Waals surface area contributed by atoms with Crippen LogP contribution in [0.2, 0.25) is 0 Å². The number of carbonyl (C=O) groups excluding carboxylic acids is 1. The highest BCUT2D eigenvalue weighted by Crippen LogP contribution is 2.21. The van der Waals surface area contributed by atoms with Crippen molar-refractivity contribution in [2.45, 2.75) is 19.8 Å². The third kappa shape index (κ3) is 3.17. The Labute approximate surface area is 105 Å². The maximum absolute atomic E-state index is 11.9. The van der Waals surface area contributed by atoms with Gasteiger partial charge in [0.25, 0.3) is 0 Å². The van der Waals surface area contributed by atoms with Crippen LogP contribution in [0.4, 0.5) is 5.13 Å². The first-order chi connectivity index (χ1) is 8.16. The molecule has 17 heavy (non-hydrogen) atoms. The molecule has 3 N–H and O–H groups in total. The number of nitrogens with one attached hydrogen (secondary N) is 1. The number of hydrogen-bond donors (Lipinski definition) is 2. The van der Waals surface area contributed by atoms with E-state index in [1.54, 1.807) is 0 Å². The number of rotatable bonds is 3. The Balaban J connectivity index is 1.85. The van der Waals surface area contributed by atoms with Crippen LogP contribution >= 0.6 is 11.3 Å². The zero-order valence-electron chi connectivity index (χ0n) is 10.0. The Kier molecular flexibility index (Phi) is 3.96. The largest absolute Gasteiger partial charge is 0.375 e. The number of piperazine rings is 1. The summed E-state index contributed by atoms with van der Waals surface area (Å²) in [6.45, 7) is 5.39. The van der Waals surface area contributed by atoms with Gasteiger partial charge >= 0.3 is 0 Å². The van der Waals surface area contributed by atoms with Crippen molar-refractivity contribution in [3.8, 4) is 0 Å². The number of aromatic nitrogens is 1. The minimum atomic E-state index is 0.234. The van der Waals surface area contributed by atoms with Crippen molar-refractivity contribution in [2.75, 3.05) is 31.9 Å². The van der Waals surface area contributed by atoms with E-state index in [2.05, 4.69) is 10.3 Å². The van der Waals surface area contributed by atoms with Crippen molar-refractivity contribution in [3.05, 3.63) is 10.6 Å². The van der Waals surface area contributed by atoms with Crippen molar-refractivity contribution >= 4 is 22.4 Å². The summed E-state index contributed by atoms with van der Waals surface area (Å²) in [5, 5.41) is 3.83. The van der Waals surface area contributed by atoms with Crippen molar-refractivity contribution in [3.63, 3.8) is 0 Å². The quantitative estimate of drug-likeness (QED) is 0.819. The van der Waals surface area contributed by atoms with Crippen LogP contribution in [-0.4, -0.2) is 42.0 Å². The summed E-state index contributed by atoms with van der Waals surface area (Å²) >= 11 is 1.49. The summed E-state index contributed by atoms with van der Waals surface area (Å²) in [6, 6.07) is 0. The summed E-state index contributed by atoms with van der Waals surface area (Å²) in [4.78, 5) is 19.2. The molecule has 6 heteroatoms. The van der Waals surface area contributed by atoms with E-state index < -0.39 is 0 Å². The monoisotopic (exact) mass is 254 g/mol. The summed E-state index contributed by atoms with van der Waals surface area (Å²) in [7, 11) is 0. The molecule has 2 rings (SSSR count). The molecular weight excluding hydrogens is 236 g/mol. The van der Waals surface area contributed by atoms with Gasteiger partial charge in [0.15, 0.2) is 5.13 Å². The van der Waals surface area contributed by atoms with E-state index in [1.807, 2.05) is 11.8 Å². The molecule has 0 saturated carbocycles. The Hall–Kier alpha value is -1.14. The topological polar surface area (TPSA) is 71.2 Å². The first-order valence-electron chi connectivity index (χ1n) is 5.87. The van der Waals surface area contributed by atoms with Gasteiger partial charge in [-0.25, -0.2) is 4.98 Å². The van der Waals surface area contributed by atoms with Crippen molar-refractivity contribution < 1.29 is 4.79 Å². The van der Waals surface area contributed by atoms with Gasteiger partial charge in [-0.2, -0.15) is 0 Å². The molecule has 1 fully saturated rings. The van der Waals surface area contributed by atoms with Crippen LogP contribution in [0.15, 0.2) is 0 Å². The lowest BCUT2D eigenvalue weighted by atomic mass is 10.2. The predicted molar refractivity (Wildman–Crippen MR) is 69.0 cm³/mol. The summed E-state index contributed by atoms with van der Waals surface area (Å²) in [6.07, 6.45) is 1.31. The molecule has 0 bridgehead atoms. The van der Waals surface area contributed by atoms with Gasteiger partial charge in [0.2, 0.25) is 5.91 Å². The average molecular weight is 254 g/mol. The molecule has 0 unspecified atom stereocenters. The number of aryl methyl sites for hydroxylation is 2. The van der Waals surface area contributed by atoms with Crippen LogP contribution in [0.25, 0.3) is 0 Å². The molecular formula is C11H18N4OS. The molecule has 0 radical (unpaired) electrons. The van der Waals surface area contributed by atoms with E-state index in [1.165, 1.54) is 11.3 Å². The lowest BCUT2D eigenvalue weighted by molar-refractivity contribution is -0.131. The van der Waals surface area contributed by atoms with E-state index in [9.17, 15) is 4.79 Å². The van der Waals surface area contributed by atoms with Crippen LogP contribution in [0.3, 0.4) is 0 Å². The van der Waals surface area contributed by atoms with E-state index in [0.29, 0.717) is 11.6 Å². The number of nitrogen functional groups attached to an aromatic ring is 1. The molecule has 1 aromatic rings. The molecule has 0 spiro atoms. The van der Waals surface area contributed by atoms with Crippen LogP contribution in [0.5, 0.6) is 0 Å². The Morgan fingerprint density at radius 3 is 2.82 bits per heavy atom. The van der Waals surface area contributed by atoms with Gasteiger partial charge in [-0.3, -0.25) is 4.79 Å². The number of carbonyl (C=O) groups is 1. The molecule has 1 aliphatic heterocycles. The van der Waals surface area contributed by atoms with Gasteiger partial charge < -0.3 is 16.0 Å². The Morgan fingerprint density at radius 2 is 2.24 bits per heavy atom. The number of amides is 1. The number of hydrogen-bond acceptors (Lipinski definition) is 5. The summed E-state index contributed by atoms with van der Waals surface area (Å²) in [5.41, 5.74) is 6.59. The third-order valence-electron chi connectivity index (χ3n) is 2.94. The van der Waals surface area contributed by atoms with Gasteiger partial charge in [-0.05, 0) is 13.3 Å². The first kappa shape index (κ1) is 12.3. The number of nitrogens with two attached hydrogens (primary N) is 1. The molecule has 94 valence electrons. The molecule has 5 nitrogen and oxygen atoms in total. The minimum Gasteiger partial charge on any atom is -0.375 e. The second-order valence-corrected chi connectivity index (χ2v) is 5.31.